The van der Waals surface area contributed by atoms with Crippen LogP contribution in [0.25, 0.3) is 0 Å². The van der Waals surface area contributed by atoms with Gasteiger partial charge in [0.15, 0.2) is 0 Å². The predicted molar refractivity (Wildman–Crippen MR) is 55.4 cm³/mol. The Hall–Kier alpha value is -0.535. The zero-order valence-electron chi connectivity index (χ0n) is 8.67. The molecule has 0 N–H and O–H groups in total. The lowest BCUT2D eigenvalue weighted by Crippen LogP contribution is -2.41. The van der Waals surface area contributed by atoms with Gasteiger partial charge < -0.3 is 9.31 Å². The highest BCUT2D eigenvalue weighted by molar-refractivity contribution is 6.54. The van der Waals surface area contributed by atoms with Gasteiger partial charge in [0.25, 0.3) is 0 Å². The minimum Gasteiger partial charge on any atom is -0.407 e. The average Bonchev–Trinajstić information content (AvgIpc) is 2.04. The second-order valence-corrected chi connectivity index (χ2v) is 4.19. The third-order valence-electron chi connectivity index (χ3n) is 1.93. The maximum absolute atomic E-state index is 5.53. The van der Waals surface area contributed by atoms with Crippen LogP contribution in [-0.2, 0) is 9.31 Å². The summed E-state index contributed by atoms with van der Waals surface area (Å²) in [5, 5.41) is 0. The third kappa shape index (κ3) is 3.01. The maximum atomic E-state index is 5.53. The molecule has 0 bridgehead atoms. The molecule has 0 aromatic rings. The predicted octanol–water partition coefficient (Wildman–Crippen LogP) is 2.22. The smallest absolute Gasteiger partial charge is 0.407 e. The summed E-state index contributed by atoms with van der Waals surface area (Å²) in [5.74, 6) is 0. The molecule has 0 aliphatic carbocycles. The van der Waals surface area contributed by atoms with Crippen molar-refractivity contribution in [3.63, 3.8) is 0 Å². The molecular formula is C10H17BO2. The van der Waals surface area contributed by atoms with Crippen LogP contribution in [0.1, 0.15) is 20.8 Å². The normalized spacial score (nSPS) is 22.2. The summed E-state index contributed by atoms with van der Waals surface area (Å²) in [4.78, 5) is 0. The fourth-order valence-corrected chi connectivity index (χ4v) is 1.20. The second-order valence-electron chi connectivity index (χ2n) is 4.19. The summed E-state index contributed by atoms with van der Waals surface area (Å²) >= 11 is 0. The van der Waals surface area contributed by atoms with E-state index in [1.54, 1.807) is 0 Å². The molecule has 1 rings (SSSR count). The average molecular weight is 180 g/mol. The molecule has 2 nitrogen and oxygen atoms in total. The van der Waals surface area contributed by atoms with E-state index in [0.29, 0.717) is 0 Å². The number of rotatable bonds is 2. The Morgan fingerprint density at radius 1 is 1.38 bits per heavy atom. The van der Waals surface area contributed by atoms with Crippen LogP contribution in [0.15, 0.2) is 24.2 Å². The van der Waals surface area contributed by atoms with Crippen molar-refractivity contribution in [1.82, 2.24) is 0 Å². The number of hydrogen-bond donors (Lipinski definition) is 0. The van der Waals surface area contributed by atoms with E-state index in [4.69, 9.17) is 9.31 Å². The van der Waals surface area contributed by atoms with Crippen molar-refractivity contribution < 1.29 is 9.31 Å². The highest BCUT2D eigenvalue weighted by atomic mass is 16.6. The largest absolute Gasteiger partial charge is 0.493 e. The molecule has 0 aromatic heterocycles. The number of hydrogen-bond acceptors (Lipinski definition) is 2. The first-order valence-electron chi connectivity index (χ1n) is 4.60. The maximum Gasteiger partial charge on any atom is 0.493 e. The van der Waals surface area contributed by atoms with Gasteiger partial charge in [0.1, 0.15) is 0 Å². The lowest BCUT2D eigenvalue weighted by Gasteiger charge is -2.33. The first kappa shape index (κ1) is 10.5. The zero-order valence-corrected chi connectivity index (χ0v) is 8.67. The Balaban J connectivity index is 2.45. The molecule has 1 fully saturated rings. The molecular weight excluding hydrogens is 163 g/mol. The van der Waals surface area contributed by atoms with E-state index in [1.807, 2.05) is 19.1 Å². The number of allylic oxidation sites excluding steroid dienone is 3. The molecule has 0 saturated carbocycles. The standard InChI is InChI=1S/C10H17BO2/c1-5-6-9(2)11-12-7-10(3,4)8-13-11/h5-6H,2,7-8H2,1,3-4H3/b6-5-. The van der Waals surface area contributed by atoms with Crippen molar-refractivity contribution >= 4 is 7.12 Å². The van der Waals surface area contributed by atoms with Crippen LogP contribution in [-0.4, -0.2) is 20.3 Å². The zero-order chi connectivity index (χ0) is 9.90. The molecule has 0 radical (unpaired) electrons. The van der Waals surface area contributed by atoms with Crippen LogP contribution < -0.4 is 0 Å². The lowest BCUT2D eigenvalue weighted by atomic mass is 9.76. The van der Waals surface area contributed by atoms with E-state index < -0.39 is 0 Å². The van der Waals surface area contributed by atoms with Gasteiger partial charge in [-0.2, -0.15) is 0 Å². The van der Waals surface area contributed by atoms with Gasteiger partial charge in [0, 0.05) is 18.6 Å². The Morgan fingerprint density at radius 3 is 2.38 bits per heavy atom. The van der Waals surface area contributed by atoms with Crippen LogP contribution in [0.3, 0.4) is 0 Å². The minimum atomic E-state index is -0.246. The van der Waals surface area contributed by atoms with Gasteiger partial charge in [0.05, 0.1) is 0 Å². The minimum absolute atomic E-state index is 0.132. The van der Waals surface area contributed by atoms with E-state index >= 15 is 0 Å². The van der Waals surface area contributed by atoms with Crippen molar-refractivity contribution in [3.05, 3.63) is 24.2 Å². The van der Waals surface area contributed by atoms with E-state index in [1.165, 1.54) is 0 Å². The molecule has 72 valence electrons. The van der Waals surface area contributed by atoms with Crippen LogP contribution in [0.5, 0.6) is 0 Å². The summed E-state index contributed by atoms with van der Waals surface area (Å²) in [6.07, 6.45) is 3.86. The summed E-state index contributed by atoms with van der Waals surface area (Å²) in [6, 6.07) is 0. The quantitative estimate of drug-likeness (QED) is 0.479. The van der Waals surface area contributed by atoms with Gasteiger partial charge in [-0.05, 0) is 12.4 Å². The summed E-state index contributed by atoms with van der Waals surface area (Å²) in [5.41, 5.74) is 1.02. The molecule has 1 saturated heterocycles. The lowest BCUT2D eigenvalue weighted by molar-refractivity contribution is 0.0326. The molecule has 1 aliphatic rings. The molecule has 13 heavy (non-hydrogen) atoms. The molecule has 0 spiro atoms. The topological polar surface area (TPSA) is 18.5 Å². The highest BCUT2D eigenvalue weighted by Crippen LogP contribution is 2.23. The van der Waals surface area contributed by atoms with Crippen LogP contribution in [0.4, 0.5) is 0 Å². The first-order valence-corrected chi connectivity index (χ1v) is 4.60. The summed E-state index contributed by atoms with van der Waals surface area (Å²) in [7, 11) is -0.246. The van der Waals surface area contributed by atoms with Crippen molar-refractivity contribution in [2.75, 3.05) is 13.2 Å². The van der Waals surface area contributed by atoms with Gasteiger partial charge >= 0.3 is 7.12 Å². The monoisotopic (exact) mass is 180 g/mol. The third-order valence-corrected chi connectivity index (χ3v) is 1.93. The van der Waals surface area contributed by atoms with Crippen molar-refractivity contribution in [1.29, 1.82) is 0 Å². The van der Waals surface area contributed by atoms with Gasteiger partial charge in [-0.3, -0.25) is 0 Å². The van der Waals surface area contributed by atoms with Crippen molar-refractivity contribution in [3.8, 4) is 0 Å². The Labute approximate surface area is 80.8 Å². The van der Waals surface area contributed by atoms with E-state index in [2.05, 4.69) is 20.4 Å². The van der Waals surface area contributed by atoms with E-state index in [-0.39, 0.29) is 12.5 Å². The Bertz CT molecular complexity index is 211. The molecule has 0 atom stereocenters. The first-order chi connectivity index (χ1) is 6.05. The molecule has 0 unspecified atom stereocenters. The molecule has 1 heterocycles. The van der Waals surface area contributed by atoms with Gasteiger partial charge in [-0.25, -0.2) is 0 Å². The van der Waals surface area contributed by atoms with E-state index in [0.717, 1.165) is 18.7 Å². The fraction of sp³-hybridized carbons (Fsp3) is 0.600. The van der Waals surface area contributed by atoms with Crippen molar-refractivity contribution in [2.45, 2.75) is 20.8 Å². The molecule has 0 amide bonds. The summed E-state index contributed by atoms with van der Waals surface area (Å²) in [6.45, 7) is 11.5. The summed E-state index contributed by atoms with van der Waals surface area (Å²) < 4.78 is 11.1. The SMILES string of the molecule is C=C(/C=C\C)B1OCC(C)(C)CO1. The Kier molecular flexibility index (Phi) is 3.34. The molecule has 1 aliphatic heterocycles. The van der Waals surface area contributed by atoms with Crippen LogP contribution >= 0.6 is 0 Å². The Morgan fingerprint density at radius 2 is 1.92 bits per heavy atom. The fourth-order valence-electron chi connectivity index (χ4n) is 1.20. The second kappa shape index (κ2) is 4.12. The highest BCUT2D eigenvalue weighted by Gasteiger charge is 2.32. The van der Waals surface area contributed by atoms with E-state index in [9.17, 15) is 0 Å². The van der Waals surface area contributed by atoms with Crippen LogP contribution in [0, 0.1) is 5.41 Å². The molecule has 3 heteroatoms. The molecule has 0 aromatic carbocycles. The van der Waals surface area contributed by atoms with Crippen LogP contribution in [0.2, 0.25) is 0 Å². The van der Waals surface area contributed by atoms with Crippen molar-refractivity contribution in [2.24, 2.45) is 5.41 Å². The van der Waals surface area contributed by atoms with Gasteiger partial charge in [-0.1, -0.05) is 32.6 Å². The van der Waals surface area contributed by atoms with Gasteiger partial charge in [-0.15, -0.1) is 0 Å². The van der Waals surface area contributed by atoms with Gasteiger partial charge in [0.2, 0.25) is 0 Å².